The van der Waals surface area contributed by atoms with Gasteiger partial charge in [0.05, 0.1) is 7.11 Å². The number of esters is 1. The van der Waals surface area contributed by atoms with Crippen molar-refractivity contribution in [3.8, 4) is 0 Å². The molecule has 0 atom stereocenters. The van der Waals surface area contributed by atoms with E-state index in [2.05, 4.69) is 22.3 Å². The van der Waals surface area contributed by atoms with Crippen LogP contribution in [0.25, 0.3) is 0 Å². The van der Waals surface area contributed by atoms with E-state index in [-0.39, 0.29) is 5.69 Å². The molecule has 0 saturated heterocycles. The third-order valence-corrected chi connectivity index (χ3v) is 1.42. The van der Waals surface area contributed by atoms with Crippen LogP contribution in [0.15, 0.2) is 23.2 Å². The van der Waals surface area contributed by atoms with Crippen LogP contribution in [0.4, 0.5) is 0 Å². The van der Waals surface area contributed by atoms with Gasteiger partial charge in [0.25, 0.3) is 0 Å². The normalized spacial score (nSPS) is 9.27. The molecule has 1 aromatic heterocycles. The number of pyridine rings is 1. The lowest BCUT2D eigenvalue weighted by atomic mass is 10.3. The minimum Gasteiger partial charge on any atom is -0.464 e. The second-order valence-corrected chi connectivity index (χ2v) is 2.41. The van der Waals surface area contributed by atoms with Gasteiger partial charge in [0.15, 0.2) is 0 Å². The number of thiol groups is 1. The van der Waals surface area contributed by atoms with E-state index in [0.717, 1.165) is 0 Å². The van der Waals surface area contributed by atoms with Crippen molar-refractivity contribution >= 4 is 18.6 Å². The fourth-order valence-corrected chi connectivity index (χ4v) is 0.825. The van der Waals surface area contributed by atoms with Crippen LogP contribution in [0.3, 0.4) is 0 Å². The van der Waals surface area contributed by atoms with Crippen LogP contribution >= 0.6 is 12.6 Å². The lowest BCUT2D eigenvalue weighted by molar-refractivity contribution is 0.0593. The van der Waals surface area contributed by atoms with Crippen LogP contribution in [-0.2, 0) is 4.74 Å². The summed E-state index contributed by atoms with van der Waals surface area (Å²) in [5.74, 6) is -0.444. The molecule has 0 unspecified atom stereocenters. The summed E-state index contributed by atoms with van der Waals surface area (Å²) in [6, 6.07) is 3.24. The van der Waals surface area contributed by atoms with Gasteiger partial charge in [-0.25, -0.2) is 9.78 Å². The van der Waals surface area contributed by atoms with Crippen molar-refractivity contribution in [1.82, 2.24) is 4.98 Å². The molecule has 0 aromatic carbocycles. The predicted molar refractivity (Wildman–Crippen MR) is 42.8 cm³/mol. The van der Waals surface area contributed by atoms with Gasteiger partial charge in [-0.1, -0.05) is 0 Å². The van der Waals surface area contributed by atoms with E-state index in [0.29, 0.717) is 4.90 Å². The molecular weight excluding hydrogens is 162 g/mol. The zero-order chi connectivity index (χ0) is 8.27. The molecule has 1 heterocycles. The van der Waals surface area contributed by atoms with Gasteiger partial charge in [-0.3, -0.25) is 0 Å². The quantitative estimate of drug-likeness (QED) is 0.506. The number of carbonyl (C=O) groups excluding carboxylic acids is 1. The van der Waals surface area contributed by atoms with Gasteiger partial charge < -0.3 is 4.74 Å². The molecule has 0 aliphatic heterocycles. The highest BCUT2D eigenvalue weighted by Gasteiger charge is 2.05. The largest absolute Gasteiger partial charge is 0.464 e. The Hall–Kier alpha value is -1.03. The Morgan fingerprint density at radius 2 is 2.45 bits per heavy atom. The van der Waals surface area contributed by atoms with Crippen molar-refractivity contribution in [1.29, 1.82) is 0 Å². The molecular formula is C7H7NO2S. The number of rotatable bonds is 1. The first-order chi connectivity index (χ1) is 5.24. The Labute approximate surface area is 69.8 Å². The van der Waals surface area contributed by atoms with E-state index in [9.17, 15) is 4.79 Å². The maximum Gasteiger partial charge on any atom is 0.356 e. The number of hydrogen-bond acceptors (Lipinski definition) is 4. The van der Waals surface area contributed by atoms with Gasteiger partial charge in [-0.2, -0.15) is 0 Å². The number of methoxy groups -OCH3 is 1. The summed E-state index contributed by atoms with van der Waals surface area (Å²) >= 11 is 4.04. The summed E-state index contributed by atoms with van der Waals surface area (Å²) in [5.41, 5.74) is 0.278. The van der Waals surface area contributed by atoms with E-state index in [1.807, 2.05) is 0 Å². The van der Waals surface area contributed by atoms with E-state index in [4.69, 9.17) is 0 Å². The number of carbonyl (C=O) groups is 1. The van der Waals surface area contributed by atoms with E-state index < -0.39 is 5.97 Å². The van der Waals surface area contributed by atoms with Gasteiger partial charge in [-0.15, -0.1) is 12.6 Å². The highest BCUT2D eigenvalue weighted by atomic mass is 32.1. The second kappa shape index (κ2) is 3.39. The average Bonchev–Trinajstić information content (AvgIpc) is 2.03. The highest BCUT2D eigenvalue weighted by Crippen LogP contribution is 2.06. The molecule has 4 heteroatoms. The number of nitrogens with zero attached hydrogens (tertiary/aromatic N) is 1. The molecule has 0 aliphatic carbocycles. The fraction of sp³-hybridized carbons (Fsp3) is 0.143. The maximum atomic E-state index is 10.8. The van der Waals surface area contributed by atoms with Gasteiger partial charge in [0.1, 0.15) is 5.69 Å². The van der Waals surface area contributed by atoms with Crippen molar-refractivity contribution in [3.63, 3.8) is 0 Å². The minimum absolute atomic E-state index is 0.278. The molecule has 0 amide bonds. The monoisotopic (exact) mass is 169 g/mol. The lowest BCUT2D eigenvalue weighted by Crippen LogP contribution is -2.03. The summed E-state index contributed by atoms with van der Waals surface area (Å²) < 4.78 is 4.46. The predicted octanol–water partition coefficient (Wildman–Crippen LogP) is 1.16. The van der Waals surface area contributed by atoms with E-state index >= 15 is 0 Å². The maximum absolute atomic E-state index is 10.8. The first kappa shape index (κ1) is 8.07. The molecule has 3 nitrogen and oxygen atoms in total. The first-order valence-electron chi connectivity index (χ1n) is 2.97. The molecule has 1 rings (SSSR count). The van der Waals surface area contributed by atoms with Gasteiger partial charge in [-0.05, 0) is 12.1 Å². The minimum atomic E-state index is -0.444. The highest BCUT2D eigenvalue weighted by molar-refractivity contribution is 7.80. The molecule has 11 heavy (non-hydrogen) atoms. The van der Waals surface area contributed by atoms with E-state index in [1.165, 1.54) is 13.3 Å². The third kappa shape index (κ3) is 1.94. The van der Waals surface area contributed by atoms with Crippen LogP contribution in [-0.4, -0.2) is 18.1 Å². The molecule has 1 aromatic rings. The van der Waals surface area contributed by atoms with Gasteiger partial charge in [0.2, 0.25) is 0 Å². The van der Waals surface area contributed by atoms with Crippen LogP contribution in [0.1, 0.15) is 10.5 Å². The number of hydrogen-bond donors (Lipinski definition) is 1. The van der Waals surface area contributed by atoms with Crippen molar-refractivity contribution in [2.75, 3.05) is 7.11 Å². The van der Waals surface area contributed by atoms with Crippen LogP contribution in [0, 0.1) is 0 Å². The Kier molecular flexibility index (Phi) is 2.48. The number of ether oxygens (including phenoxy) is 1. The zero-order valence-corrected chi connectivity index (χ0v) is 6.84. The lowest BCUT2D eigenvalue weighted by Gasteiger charge is -1.97. The molecule has 0 N–H and O–H groups in total. The molecule has 0 bridgehead atoms. The van der Waals surface area contributed by atoms with Gasteiger partial charge in [0, 0.05) is 11.1 Å². The topological polar surface area (TPSA) is 39.2 Å². The third-order valence-electron chi connectivity index (χ3n) is 1.14. The van der Waals surface area contributed by atoms with Crippen molar-refractivity contribution in [2.45, 2.75) is 4.90 Å². The molecule has 58 valence electrons. The standard InChI is InChI=1S/C7H7NO2S/c1-10-7(9)6-4-5(11)2-3-8-6/h2-4H,1H3,(H,8,11). The van der Waals surface area contributed by atoms with Crippen molar-refractivity contribution < 1.29 is 9.53 Å². The average molecular weight is 169 g/mol. The molecule has 0 spiro atoms. The smallest absolute Gasteiger partial charge is 0.356 e. The summed E-state index contributed by atoms with van der Waals surface area (Å²) in [5, 5.41) is 0. The van der Waals surface area contributed by atoms with Crippen molar-refractivity contribution in [3.05, 3.63) is 24.0 Å². The molecule has 0 fully saturated rings. The van der Waals surface area contributed by atoms with Crippen LogP contribution in [0.2, 0.25) is 0 Å². The molecule has 0 radical (unpaired) electrons. The summed E-state index contributed by atoms with van der Waals surface area (Å²) in [6.07, 6.45) is 1.51. The van der Waals surface area contributed by atoms with Gasteiger partial charge >= 0.3 is 5.97 Å². The Balaban J connectivity index is 2.96. The molecule has 0 saturated carbocycles. The Bertz CT molecular complexity index is 275. The zero-order valence-electron chi connectivity index (χ0n) is 5.94. The summed E-state index contributed by atoms with van der Waals surface area (Å²) in [7, 11) is 1.31. The van der Waals surface area contributed by atoms with Crippen LogP contribution in [0.5, 0.6) is 0 Å². The first-order valence-corrected chi connectivity index (χ1v) is 3.42. The molecule has 0 aliphatic rings. The number of aromatic nitrogens is 1. The van der Waals surface area contributed by atoms with Crippen molar-refractivity contribution in [2.24, 2.45) is 0 Å². The van der Waals surface area contributed by atoms with Crippen LogP contribution < -0.4 is 0 Å². The summed E-state index contributed by atoms with van der Waals surface area (Å²) in [6.45, 7) is 0. The summed E-state index contributed by atoms with van der Waals surface area (Å²) in [4.78, 5) is 15.3. The van der Waals surface area contributed by atoms with E-state index in [1.54, 1.807) is 12.1 Å². The fourth-order valence-electron chi connectivity index (χ4n) is 0.636. The Morgan fingerprint density at radius 3 is 3.00 bits per heavy atom. The Morgan fingerprint density at radius 1 is 1.73 bits per heavy atom. The second-order valence-electron chi connectivity index (χ2n) is 1.89. The SMILES string of the molecule is COC(=O)c1cc(S)ccn1.